The molecule has 3 aromatic heterocycles. The molecule has 7 heteroatoms. The van der Waals surface area contributed by atoms with Crippen molar-refractivity contribution in [3.8, 4) is 0 Å². The highest BCUT2D eigenvalue weighted by Gasteiger charge is 2.17. The number of fused-ring (bicyclic) bond motifs is 1. The van der Waals surface area contributed by atoms with E-state index in [1.54, 1.807) is 11.3 Å². The zero-order chi connectivity index (χ0) is 14.3. The second-order valence-electron chi connectivity index (χ2n) is 4.78. The van der Waals surface area contributed by atoms with E-state index < -0.39 is 0 Å². The van der Waals surface area contributed by atoms with Gasteiger partial charge in [-0.05, 0) is 13.8 Å². The van der Waals surface area contributed by atoms with E-state index in [2.05, 4.69) is 14.6 Å². The number of aromatic nitrogens is 5. The standard InChI is InChI=1S/C13H16ClN5S/c1-8-12-13(18(3)17-8)19(11(16-12)4-5-14)7-10-6-15-9(2)20-10/h6H,4-5,7H2,1-3H3. The van der Waals surface area contributed by atoms with E-state index >= 15 is 0 Å². The van der Waals surface area contributed by atoms with E-state index in [0.29, 0.717) is 5.88 Å². The van der Waals surface area contributed by atoms with Gasteiger partial charge in [0.1, 0.15) is 11.3 Å². The maximum absolute atomic E-state index is 5.90. The van der Waals surface area contributed by atoms with Crippen LogP contribution >= 0.6 is 22.9 Å². The molecule has 0 saturated heterocycles. The molecule has 0 fully saturated rings. The van der Waals surface area contributed by atoms with Crippen LogP contribution in [-0.4, -0.2) is 30.2 Å². The fraction of sp³-hybridized carbons (Fsp3) is 0.462. The molecule has 0 spiro atoms. The summed E-state index contributed by atoms with van der Waals surface area (Å²) in [5.41, 5.74) is 2.97. The van der Waals surface area contributed by atoms with Gasteiger partial charge in [-0.3, -0.25) is 4.68 Å². The summed E-state index contributed by atoms with van der Waals surface area (Å²) in [5.74, 6) is 1.58. The molecule has 0 unspecified atom stereocenters. The van der Waals surface area contributed by atoms with Crippen LogP contribution in [0.25, 0.3) is 11.2 Å². The van der Waals surface area contributed by atoms with E-state index in [1.165, 1.54) is 4.88 Å². The van der Waals surface area contributed by atoms with Gasteiger partial charge >= 0.3 is 0 Å². The monoisotopic (exact) mass is 309 g/mol. The number of thiazole rings is 1. The summed E-state index contributed by atoms with van der Waals surface area (Å²) in [6, 6.07) is 0. The Hall–Kier alpha value is -1.40. The fourth-order valence-electron chi connectivity index (χ4n) is 2.46. The second kappa shape index (κ2) is 5.18. The molecular weight excluding hydrogens is 294 g/mol. The van der Waals surface area contributed by atoms with Crippen molar-refractivity contribution in [1.82, 2.24) is 24.3 Å². The van der Waals surface area contributed by atoms with E-state index in [-0.39, 0.29) is 0 Å². The van der Waals surface area contributed by atoms with Crippen LogP contribution in [0.15, 0.2) is 6.20 Å². The van der Waals surface area contributed by atoms with Crippen LogP contribution in [0.4, 0.5) is 0 Å². The van der Waals surface area contributed by atoms with Gasteiger partial charge in [-0.15, -0.1) is 22.9 Å². The minimum Gasteiger partial charge on any atom is -0.307 e. The molecule has 0 radical (unpaired) electrons. The van der Waals surface area contributed by atoms with Gasteiger partial charge in [-0.1, -0.05) is 0 Å². The minimum atomic E-state index is 0.567. The Morgan fingerprint density at radius 2 is 2.15 bits per heavy atom. The number of hydrogen-bond donors (Lipinski definition) is 0. The third kappa shape index (κ3) is 2.23. The lowest BCUT2D eigenvalue weighted by Gasteiger charge is -2.07. The van der Waals surface area contributed by atoms with Crippen LogP contribution in [0, 0.1) is 13.8 Å². The Labute approximate surface area is 126 Å². The first-order chi connectivity index (χ1) is 9.60. The first kappa shape index (κ1) is 13.6. The van der Waals surface area contributed by atoms with Crippen LogP contribution < -0.4 is 0 Å². The van der Waals surface area contributed by atoms with Gasteiger partial charge in [-0.2, -0.15) is 5.10 Å². The predicted octanol–water partition coefficient (Wildman–Crippen LogP) is 2.67. The Bertz CT molecular complexity index is 754. The van der Waals surface area contributed by atoms with Gasteiger partial charge in [-0.25, -0.2) is 9.97 Å². The molecule has 0 aromatic carbocycles. The zero-order valence-corrected chi connectivity index (χ0v) is 13.3. The number of aryl methyl sites for hydroxylation is 4. The molecule has 0 aliphatic rings. The Morgan fingerprint density at radius 1 is 1.35 bits per heavy atom. The quantitative estimate of drug-likeness (QED) is 0.696. The minimum absolute atomic E-state index is 0.567. The molecule has 0 bridgehead atoms. The summed E-state index contributed by atoms with van der Waals surface area (Å²) in [6.45, 7) is 4.78. The molecule has 0 aliphatic carbocycles. The lowest BCUT2D eigenvalue weighted by molar-refractivity contribution is 0.696. The van der Waals surface area contributed by atoms with Crippen molar-refractivity contribution in [3.63, 3.8) is 0 Å². The summed E-state index contributed by atoms with van der Waals surface area (Å²) < 4.78 is 4.09. The van der Waals surface area contributed by atoms with E-state index in [1.807, 2.05) is 31.8 Å². The van der Waals surface area contributed by atoms with Gasteiger partial charge < -0.3 is 4.57 Å². The van der Waals surface area contributed by atoms with Gasteiger partial charge in [0.25, 0.3) is 0 Å². The Balaban J connectivity index is 2.12. The highest BCUT2D eigenvalue weighted by atomic mass is 35.5. The van der Waals surface area contributed by atoms with Crippen molar-refractivity contribution in [2.24, 2.45) is 7.05 Å². The third-order valence-corrected chi connectivity index (χ3v) is 4.36. The average Bonchev–Trinajstić information content (AvgIpc) is 3.02. The summed E-state index contributed by atoms with van der Waals surface area (Å²) in [4.78, 5) is 10.2. The molecule has 0 saturated carbocycles. The summed E-state index contributed by atoms with van der Waals surface area (Å²) in [5, 5.41) is 5.53. The van der Waals surface area contributed by atoms with Crippen LogP contribution in [0.3, 0.4) is 0 Å². The van der Waals surface area contributed by atoms with Crippen molar-refractivity contribution >= 4 is 34.1 Å². The van der Waals surface area contributed by atoms with Crippen LogP contribution in [0.1, 0.15) is 21.4 Å². The number of halogens is 1. The maximum Gasteiger partial charge on any atom is 0.159 e. The smallest absolute Gasteiger partial charge is 0.159 e. The van der Waals surface area contributed by atoms with Crippen LogP contribution in [0.5, 0.6) is 0 Å². The third-order valence-electron chi connectivity index (χ3n) is 3.27. The van der Waals surface area contributed by atoms with Crippen molar-refractivity contribution in [3.05, 3.63) is 27.6 Å². The van der Waals surface area contributed by atoms with Gasteiger partial charge in [0.2, 0.25) is 0 Å². The fourth-order valence-corrected chi connectivity index (χ4v) is 3.41. The van der Waals surface area contributed by atoms with Gasteiger partial charge in [0.05, 0.1) is 17.2 Å². The number of alkyl halides is 1. The van der Waals surface area contributed by atoms with Gasteiger partial charge in [0.15, 0.2) is 5.65 Å². The lowest BCUT2D eigenvalue weighted by atomic mass is 10.4. The topological polar surface area (TPSA) is 48.5 Å². The highest BCUT2D eigenvalue weighted by Crippen LogP contribution is 2.22. The average molecular weight is 310 g/mol. The molecular formula is C13H16ClN5S. The van der Waals surface area contributed by atoms with Crippen LogP contribution in [0.2, 0.25) is 0 Å². The number of imidazole rings is 1. The largest absolute Gasteiger partial charge is 0.307 e. The number of hydrogen-bond acceptors (Lipinski definition) is 4. The van der Waals surface area contributed by atoms with Crippen molar-refractivity contribution in [1.29, 1.82) is 0 Å². The Morgan fingerprint density at radius 3 is 2.80 bits per heavy atom. The molecule has 3 aromatic rings. The predicted molar refractivity (Wildman–Crippen MR) is 81.6 cm³/mol. The molecule has 106 valence electrons. The van der Waals surface area contributed by atoms with Crippen molar-refractivity contribution < 1.29 is 0 Å². The molecule has 0 N–H and O–H groups in total. The molecule has 3 heterocycles. The molecule has 0 aliphatic heterocycles. The lowest BCUT2D eigenvalue weighted by Crippen LogP contribution is -2.08. The molecule has 5 nitrogen and oxygen atoms in total. The van der Waals surface area contributed by atoms with Gasteiger partial charge in [0, 0.05) is 30.4 Å². The van der Waals surface area contributed by atoms with Crippen LogP contribution in [-0.2, 0) is 20.0 Å². The highest BCUT2D eigenvalue weighted by molar-refractivity contribution is 7.11. The van der Waals surface area contributed by atoms with Crippen molar-refractivity contribution in [2.45, 2.75) is 26.8 Å². The molecule has 0 atom stereocenters. The first-order valence-electron chi connectivity index (χ1n) is 6.46. The SMILES string of the molecule is Cc1ncc(Cn2c(CCCl)nc3c(C)nn(C)c32)s1. The maximum atomic E-state index is 5.90. The number of rotatable bonds is 4. The summed E-state index contributed by atoms with van der Waals surface area (Å²) >= 11 is 7.62. The van der Waals surface area contributed by atoms with E-state index in [9.17, 15) is 0 Å². The van der Waals surface area contributed by atoms with E-state index in [4.69, 9.17) is 16.6 Å². The summed E-state index contributed by atoms with van der Waals surface area (Å²) in [6.07, 6.45) is 2.69. The second-order valence-corrected chi connectivity index (χ2v) is 6.48. The van der Waals surface area contributed by atoms with E-state index in [0.717, 1.165) is 40.7 Å². The zero-order valence-electron chi connectivity index (χ0n) is 11.7. The summed E-state index contributed by atoms with van der Waals surface area (Å²) in [7, 11) is 1.95. The molecule has 3 rings (SSSR count). The normalized spacial score (nSPS) is 11.6. The molecule has 0 amide bonds. The number of nitrogens with zero attached hydrogens (tertiary/aromatic N) is 5. The Kier molecular flexibility index (Phi) is 3.52. The molecule has 20 heavy (non-hydrogen) atoms. The first-order valence-corrected chi connectivity index (χ1v) is 7.81. The van der Waals surface area contributed by atoms with Crippen molar-refractivity contribution in [2.75, 3.05) is 5.88 Å².